The summed E-state index contributed by atoms with van der Waals surface area (Å²) < 4.78 is 7.08. The molecule has 5 heteroatoms. The largest absolute Gasteiger partial charge is 0.461 e. The lowest BCUT2D eigenvalue weighted by atomic mass is 10.00. The average molecular weight is 419 g/mol. The van der Waals surface area contributed by atoms with Gasteiger partial charge in [0.15, 0.2) is 0 Å². The van der Waals surface area contributed by atoms with Crippen molar-refractivity contribution in [2.24, 2.45) is 7.05 Å². The topological polar surface area (TPSA) is 55.0 Å². The Morgan fingerprint density at radius 2 is 1.77 bits per heavy atom. The summed E-state index contributed by atoms with van der Waals surface area (Å²) in [6.45, 7) is 6.22. The number of esters is 1. The van der Waals surface area contributed by atoms with E-state index in [0.717, 1.165) is 22.6 Å². The predicted octanol–water partition coefficient (Wildman–Crippen LogP) is 6.02. The molecule has 154 valence electrons. The van der Waals surface area contributed by atoms with Gasteiger partial charge in [0.25, 0.3) is 0 Å². The summed E-state index contributed by atoms with van der Waals surface area (Å²) in [6.07, 6.45) is 1.65. The van der Waals surface area contributed by atoms with Gasteiger partial charge < -0.3 is 9.30 Å². The molecule has 30 heavy (non-hydrogen) atoms. The highest BCUT2D eigenvalue weighted by Crippen LogP contribution is 2.36. The number of carbonyl (C=O) groups is 1. The maximum absolute atomic E-state index is 12.7. The predicted molar refractivity (Wildman–Crippen MR) is 121 cm³/mol. The van der Waals surface area contributed by atoms with Crippen LogP contribution in [0.15, 0.2) is 58.3 Å². The summed E-state index contributed by atoms with van der Waals surface area (Å²) in [7, 11) is 1.82. The molecule has 0 fully saturated rings. The van der Waals surface area contributed by atoms with Crippen molar-refractivity contribution in [3.8, 4) is 17.2 Å². The fourth-order valence-corrected chi connectivity index (χ4v) is 4.72. The van der Waals surface area contributed by atoms with E-state index in [-0.39, 0.29) is 0 Å². The summed E-state index contributed by atoms with van der Waals surface area (Å²) in [5.74, 6) is -0.401. The van der Waals surface area contributed by atoms with Crippen molar-refractivity contribution in [3.05, 3.63) is 71.0 Å². The molecule has 0 aliphatic carbocycles. The lowest BCUT2D eigenvalue weighted by Crippen LogP contribution is -2.12. The second-order valence-electron chi connectivity index (χ2n) is 6.88. The highest BCUT2D eigenvalue weighted by Gasteiger charge is 2.26. The van der Waals surface area contributed by atoms with Gasteiger partial charge in [0.1, 0.15) is 11.8 Å². The van der Waals surface area contributed by atoms with Gasteiger partial charge in [-0.1, -0.05) is 55.9 Å². The zero-order chi connectivity index (χ0) is 21.7. The SMILES string of the molecule is CCOC(=O)c1c(-c2ccc(Sc3ccccc3CC)cc2)c(C#N)c(CC)n1C. The first-order valence-corrected chi connectivity index (χ1v) is 11.0. The summed E-state index contributed by atoms with van der Waals surface area (Å²) in [6, 6.07) is 18.8. The van der Waals surface area contributed by atoms with Crippen LogP contribution < -0.4 is 0 Å². The van der Waals surface area contributed by atoms with E-state index < -0.39 is 5.97 Å². The first kappa shape index (κ1) is 21.7. The quantitative estimate of drug-likeness (QED) is 0.441. The van der Waals surface area contributed by atoms with Crippen LogP contribution in [0.5, 0.6) is 0 Å². The molecule has 1 aromatic heterocycles. The van der Waals surface area contributed by atoms with Gasteiger partial charge in [-0.2, -0.15) is 5.26 Å². The van der Waals surface area contributed by atoms with Gasteiger partial charge in [-0.3, -0.25) is 0 Å². The van der Waals surface area contributed by atoms with Crippen LogP contribution in [-0.2, 0) is 24.6 Å². The minimum Gasteiger partial charge on any atom is -0.461 e. The van der Waals surface area contributed by atoms with Crippen molar-refractivity contribution in [2.45, 2.75) is 43.4 Å². The first-order chi connectivity index (χ1) is 14.5. The lowest BCUT2D eigenvalue weighted by Gasteiger charge is -2.10. The summed E-state index contributed by atoms with van der Waals surface area (Å²) in [4.78, 5) is 15.0. The average Bonchev–Trinajstić information content (AvgIpc) is 3.06. The molecule has 2 aromatic carbocycles. The minimum atomic E-state index is -0.401. The number of hydrogen-bond donors (Lipinski definition) is 0. The fourth-order valence-electron chi connectivity index (χ4n) is 3.70. The Bertz CT molecular complexity index is 1090. The number of benzene rings is 2. The monoisotopic (exact) mass is 418 g/mol. The molecule has 0 bridgehead atoms. The van der Waals surface area contributed by atoms with Gasteiger partial charge in [-0.05, 0) is 49.1 Å². The Labute approximate surface area is 182 Å². The van der Waals surface area contributed by atoms with E-state index in [9.17, 15) is 10.1 Å². The van der Waals surface area contributed by atoms with Crippen LogP contribution in [0.1, 0.15) is 48.1 Å². The standard InChI is InChI=1S/C25H26N2O2S/c1-5-17-10-8-9-11-22(17)30-19-14-12-18(13-15-19)23-20(16-26)21(6-2)27(4)24(23)25(28)29-7-3/h8-15H,5-7H2,1-4H3. The Balaban J connectivity index is 2.04. The van der Waals surface area contributed by atoms with Crippen LogP contribution in [0, 0.1) is 11.3 Å². The molecule has 4 nitrogen and oxygen atoms in total. The Kier molecular flexibility index (Phi) is 7.02. The molecule has 1 heterocycles. The number of hydrogen-bond acceptors (Lipinski definition) is 4. The fraction of sp³-hybridized carbons (Fsp3) is 0.280. The van der Waals surface area contributed by atoms with Crippen molar-refractivity contribution >= 4 is 17.7 Å². The summed E-state index contributed by atoms with van der Waals surface area (Å²) in [5.41, 5.74) is 4.63. The molecular formula is C25H26N2O2S. The van der Waals surface area contributed by atoms with Gasteiger partial charge in [-0.15, -0.1) is 0 Å². The second kappa shape index (κ2) is 9.69. The van der Waals surface area contributed by atoms with Crippen LogP contribution in [0.25, 0.3) is 11.1 Å². The van der Waals surface area contributed by atoms with Gasteiger partial charge in [0.2, 0.25) is 0 Å². The normalized spacial score (nSPS) is 10.6. The zero-order valence-corrected chi connectivity index (χ0v) is 18.7. The molecule has 0 unspecified atom stereocenters. The molecule has 0 saturated carbocycles. The van der Waals surface area contributed by atoms with E-state index in [0.29, 0.717) is 29.8 Å². The summed E-state index contributed by atoms with van der Waals surface area (Å²) >= 11 is 1.72. The Morgan fingerprint density at radius 1 is 1.07 bits per heavy atom. The molecule has 0 radical (unpaired) electrons. The van der Waals surface area contributed by atoms with E-state index in [1.807, 2.05) is 38.2 Å². The van der Waals surface area contributed by atoms with Gasteiger partial charge >= 0.3 is 5.97 Å². The second-order valence-corrected chi connectivity index (χ2v) is 7.99. The van der Waals surface area contributed by atoms with Gasteiger partial charge in [0, 0.05) is 28.1 Å². The third-order valence-electron chi connectivity index (χ3n) is 5.16. The molecule has 0 aliphatic heterocycles. The van der Waals surface area contributed by atoms with Crippen molar-refractivity contribution < 1.29 is 9.53 Å². The molecule has 0 spiro atoms. The molecule has 3 aromatic rings. The maximum atomic E-state index is 12.7. The first-order valence-electron chi connectivity index (χ1n) is 10.2. The van der Waals surface area contributed by atoms with E-state index in [4.69, 9.17) is 4.74 Å². The molecule has 0 N–H and O–H groups in total. The van der Waals surface area contributed by atoms with E-state index in [1.165, 1.54) is 10.5 Å². The van der Waals surface area contributed by atoms with Gasteiger partial charge in [-0.25, -0.2) is 4.79 Å². The van der Waals surface area contributed by atoms with Crippen molar-refractivity contribution in [1.82, 2.24) is 4.57 Å². The number of carbonyl (C=O) groups excluding carboxylic acids is 1. The zero-order valence-electron chi connectivity index (χ0n) is 17.9. The number of aryl methyl sites for hydroxylation is 1. The van der Waals surface area contributed by atoms with Crippen LogP contribution >= 0.6 is 11.8 Å². The van der Waals surface area contributed by atoms with E-state index in [2.05, 4.69) is 37.3 Å². The highest BCUT2D eigenvalue weighted by molar-refractivity contribution is 7.99. The lowest BCUT2D eigenvalue weighted by molar-refractivity contribution is 0.0516. The maximum Gasteiger partial charge on any atom is 0.355 e. The third-order valence-corrected chi connectivity index (χ3v) is 6.28. The number of nitriles is 1. The van der Waals surface area contributed by atoms with Crippen LogP contribution in [-0.4, -0.2) is 17.1 Å². The Hall–Kier alpha value is -2.97. The van der Waals surface area contributed by atoms with Crippen LogP contribution in [0.3, 0.4) is 0 Å². The van der Waals surface area contributed by atoms with Gasteiger partial charge in [0.05, 0.1) is 12.2 Å². The highest BCUT2D eigenvalue weighted by atomic mass is 32.2. The number of rotatable bonds is 7. The van der Waals surface area contributed by atoms with Crippen LogP contribution in [0.2, 0.25) is 0 Å². The molecular weight excluding hydrogens is 392 g/mol. The number of ether oxygens (including phenoxy) is 1. The smallest absolute Gasteiger partial charge is 0.355 e. The van der Waals surface area contributed by atoms with Crippen LogP contribution in [0.4, 0.5) is 0 Å². The minimum absolute atomic E-state index is 0.291. The Morgan fingerprint density at radius 3 is 2.37 bits per heavy atom. The number of nitrogens with zero attached hydrogens (tertiary/aromatic N) is 2. The van der Waals surface area contributed by atoms with Crippen molar-refractivity contribution in [1.29, 1.82) is 5.26 Å². The van der Waals surface area contributed by atoms with E-state index in [1.54, 1.807) is 23.3 Å². The summed E-state index contributed by atoms with van der Waals surface area (Å²) in [5, 5.41) is 9.83. The van der Waals surface area contributed by atoms with Crippen molar-refractivity contribution in [2.75, 3.05) is 6.61 Å². The number of aromatic nitrogens is 1. The van der Waals surface area contributed by atoms with Crippen molar-refractivity contribution in [3.63, 3.8) is 0 Å². The molecule has 0 atom stereocenters. The third kappa shape index (κ3) is 4.15. The molecule has 0 aliphatic rings. The molecule has 0 amide bonds. The molecule has 3 rings (SSSR count). The van der Waals surface area contributed by atoms with E-state index >= 15 is 0 Å². The molecule has 0 saturated heterocycles.